The molecule has 1 saturated heterocycles. The summed E-state index contributed by atoms with van der Waals surface area (Å²) in [5.41, 5.74) is 1.07. The third-order valence-corrected chi connectivity index (χ3v) is 2.95. The van der Waals surface area contributed by atoms with E-state index in [4.69, 9.17) is 0 Å². The maximum absolute atomic E-state index is 11.6. The number of nitrogens with one attached hydrogen (secondary N) is 1. The van der Waals surface area contributed by atoms with Gasteiger partial charge in [0.15, 0.2) is 0 Å². The Morgan fingerprint density at radius 2 is 2.47 bits per heavy atom. The number of amides is 1. The molecule has 0 saturated carbocycles. The Morgan fingerprint density at radius 3 is 3.00 bits per heavy atom. The second-order valence-electron chi connectivity index (χ2n) is 3.64. The highest BCUT2D eigenvalue weighted by Gasteiger charge is 2.28. The summed E-state index contributed by atoms with van der Waals surface area (Å²) < 4.78 is 0.814. The van der Waals surface area contributed by atoms with E-state index in [-0.39, 0.29) is 11.9 Å². The van der Waals surface area contributed by atoms with Crippen molar-refractivity contribution >= 4 is 21.8 Å². The molecule has 0 aliphatic carbocycles. The van der Waals surface area contributed by atoms with Crippen LogP contribution in [0.2, 0.25) is 0 Å². The van der Waals surface area contributed by atoms with Crippen LogP contribution in [-0.4, -0.2) is 35.5 Å². The molecular formula is C10H12BrN3O. The van der Waals surface area contributed by atoms with Gasteiger partial charge in [0.25, 0.3) is 0 Å². The number of hydrogen-bond acceptors (Lipinski definition) is 3. The molecule has 0 spiro atoms. The Bertz CT molecular complexity index is 365. The molecule has 4 nitrogen and oxygen atoms in total. The average Bonchev–Trinajstić information content (AvgIpc) is 2.53. The van der Waals surface area contributed by atoms with Crippen LogP contribution in [0.3, 0.4) is 0 Å². The minimum Gasteiger partial charge on any atom is -0.332 e. The summed E-state index contributed by atoms with van der Waals surface area (Å²) >= 11 is 3.28. The van der Waals surface area contributed by atoms with Crippen LogP contribution in [0.5, 0.6) is 0 Å². The number of rotatable bonds is 2. The molecular weight excluding hydrogens is 258 g/mol. The van der Waals surface area contributed by atoms with Crippen molar-refractivity contribution in [2.75, 3.05) is 13.7 Å². The minimum atomic E-state index is -0.0991. The molecule has 15 heavy (non-hydrogen) atoms. The van der Waals surface area contributed by atoms with E-state index in [0.29, 0.717) is 13.1 Å². The monoisotopic (exact) mass is 269 g/mol. The lowest BCUT2D eigenvalue weighted by molar-refractivity contribution is -0.127. The normalized spacial score (nSPS) is 21.1. The molecule has 0 bridgehead atoms. The van der Waals surface area contributed by atoms with Crippen molar-refractivity contribution in [3.8, 4) is 0 Å². The predicted molar refractivity (Wildman–Crippen MR) is 60.2 cm³/mol. The van der Waals surface area contributed by atoms with Gasteiger partial charge in [-0.3, -0.25) is 10.1 Å². The molecule has 0 unspecified atom stereocenters. The lowest BCUT2D eigenvalue weighted by Crippen LogP contribution is -2.31. The number of carbonyl (C=O) groups excluding carboxylic acids is 1. The van der Waals surface area contributed by atoms with Crippen molar-refractivity contribution in [1.82, 2.24) is 15.2 Å². The van der Waals surface area contributed by atoms with Crippen LogP contribution in [0.1, 0.15) is 5.56 Å². The van der Waals surface area contributed by atoms with E-state index in [1.165, 1.54) is 0 Å². The molecule has 2 rings (SSSR count). The second kappa shape index (κ2) is 4.28. The molecule has 1 atom stereocenters. The Kier molecular flexibility index (Phi) is 3.02. The quantitative estimate of drug-likeness (QED) is 0.807. The van der Waals surface area contributed by atoms with Gasteiger partial charge < -0.3 is 4.90 Å². The largest absolute Gasteiger partial charge is 0.332 e. The Hall–Kier alpha value is -0.940. The first-order chi connectivity index (χ1) is 7.16. The zero-order chi connectivity index (χ0) is 10.8. The number of pyridine rings is 1. The van der Waals surface area contributed by atoms with Crippen molar-refractivity contribution in [3.05, 3.63) is 28.5 Å². The first-order valence-electron chi connectivity index (χ1n) is 4.75. The van der Waals surface area contributed by atoms with E-state index in [9.17, 15) is 4.79 Å². The summed E-state index contributed by atoms with van der Waals surface area (Å²) in [4.78, 5) is 17.4. The molecule has 1 aliphatic rings. The summed E-state index contributed by atoms with van der Waals surface area (Å²) in [6.45, 7) is 0.632. The lowest BCUT2D eigenvalue weighted by atomic mass is 10.1. The zero-order valence-corrected chi connectivity index (χ0v) is 9.99. The second-order valence-corrected chi connectivity index (χ2v) is 4.46. The van der Waals surface area contributed by atoms with Gasteiger partial charge in [0, 0.05) is 13.2 Å². The van der Waals surface area contributed by atoms with Crippen molar-refractivity contribution in [2.45, 2.75) is 12.5 Å². The topological polar surface area (TPSA) is 45.2 Å². The molecule has 80 valence electrons. The number of likely N-dealkylation sites (N-methyl/N-ethyl adjacent to an activating group) is 1. The molecule has 1 fully saturated rings. The predicted octanol–water partition coefficient (Wildman–Crippen LogP) is 0.774. The molecule has 0 radical (unpaired) electrons. The van der Waals surface area contributed by atoms with Crippen molar-refractivity contribution in [1.29, 1.82) is 0 Å². The van der Waals surface area contributed by atoms with Crippen LogP contribution in [0, 0.1) is 0 Å². The van der Waals surface area contributed by atoms with Crippen LogP contribution in [-0.2, 0) is 11.2 Å². The highest BCUT2D eigenvalue weighted by atomic mass is 79.9. The van der Waals surface area contributed by atoms with Crippen molar-refractivity contribution < 1.29 is 4.79 Å². The van der Waals surface area contributed by atoms with E-state index in [1.807, 2.05) is 12.1 Å². The van der Waals surface area contributed by atoms with Gasteiger partial charge in [-0.1, -0.05) is 6.07 Å². The van der Waals surface area contributed by atoms with Gasteiger partial charge in [-0.2, -0.15) is 0 Å². The van der Waals surface area contributed by atoms with Gasteiger partial charge in [-0.25, -0.2) is 4.98 Å². The highest BCUT2D eigenvalue weighted by Crippen LogP contribution is 2.11. The Morgan fingerprint density at radius 1 is 1.67 bits per heavy atom. The molecule has 1 N–H and O–H groups in total. The third kappa shape index (κ3) is 2.35. The van der Waals surface area contributed by atoms with Gasteiger partial charge in [0.2, 0.25) is 5.91 Å². The van der Waals surface area contributed by atoms with Crippen molar-refractivity contribution in [3.63, 3.8) is 0 Å². The summed E-state index contributed by atoms with van der Waals surface area (Å²) in [5, 5.41) is 3.16. The van der Waals surface area contributed by atoms with Gasteiger partial charge >= 0.3 is 0 Å². The lowest BCUT2D eigenvalue weighted by Gasteiger charge is -2.08. The smallest absolute Gasteiger partial charge is 0.240 e. The molecule has 1 amide bonds. The van der Waals surface area contributed by atoms with Crippen LogP contribution in [0.15, 0.2) is 22.9 Å². The minimum absolute atomic E-state index is 0.0991. The molecule has 1 aromatic rings. The maximum atomic E-state index is 11.6. The first kappa shape index (κ1) is 10.6. The molecule has 2 heterocycles. The summed E-state index contributed by atoms with van der Waals surface area (Å²) in [5.74, 6) is 0.151. The number of halogens is 1. The number of nitrogens with zero attached hydrogens (tertiary/aromatic N) is 2. The van der Waals surface area contributed by atoms with Crippen LogP contribution < -0.4 is 5.32 Å². The fourth-order valence-electron chi connectivity index (χ4n) is 1.60. The molecule has 1 aliphatic heterocycles. The molecule has 0 aromatic carbocycles. The van der Waals surface area contributed by atoms with Gasteiger partial charge in [-0.05, 0) is 34.0 Å². The van der Waals surface area contributed by atoms with Crippen LogP contribution in [0.4, 0.5) is 0 Å². The van der Waals surface area contributed by atoms with Gasteiger partial charge in [-0.15, -0.1) is 0 Å². The number of aromatic nitrogens is 1. The standard InChI is InChI=1S/C10H12BrN3O/c1-14-6-13-8(10(14)15)4-7-2-3-9(11)12-5-7/h2-3,5,8,13H,4,6H2,1H3/t8-/m0/s1. The fourth-order valence-corrected chi connectivity index (χ4v) is 1.84. The van der Waals surface area contributed by atoms with E-state index in [1.54, 1.807) is 18.1 Å². The fraction of sp³-hybridized carbons (Fsp3) is 0.400. The van der Waals surface area contributed by atoms with E-state index >= 15 is 0 Å². The van der Waals surface area contributed by atoms with Crippen LogP contribution in [0.25, 0.3) is 0 Å². The maximum Gasteiger partial charge on any atom is 0.240 e. The summed E-state index contributed by atoms with van der Waals surface area (Å²) in [6.07, 6.45) is 2.49. The number of carbonyl (C=O) groups is 1. The van der Waals surface area contributed by atoms with Crippen molar-refractivity contribution in [2.24, 2.45) is 0 Å². The number of hydrogen-bond donors (Lipinski definition) is 1. The molecule has 5 heteroatoms. The Labute approximate surface area is 96.8 Å². The molecule has 1 aromatic heterocycles. The van der Waals surface area contributed by atoms with Gasteiger partial charge in [0.1, 0.15) is 4.60 Å². The zero-order valence-electron chi connectivity index (χ0n) is 8.40. The SMILES string of the molecule is CN1CN[C@@H](Cc2ccc(Br)nc2)C1=O. The van der Waals surface area contributed by atoms with Crippen LogP contribution >= 0.6 is 15.9 Å². The average molecular weight is 270 g/mol. The van der Waals surface area contributed by atoms with E-state index < -0.39 is 0 Å². The highest BCUT2D eigenvalue weighted by molar-refractivity contribution is 9.10. The van der Waals surface area contributed by atoms with Gasteiger partial charge in [0.05, 0.1) is 12.7 Å². The van der Waals surface area contributed by atoms with E-state index in [2.05, 4.69) is 26.2 Å². The Balaban J connectivity index is 2.03. The first-order valence-corrected chi connectivity index (χ1v) is 5.55. The van der Waals surface area contributed by atoms with E-state index in [0.717, 1.165) is 10.2 Å². The summed E-state index contributed by atoms with van der Waals surface area (Å²) in [7, 11) is 1.80. The summed E-state index contributed by atoms with van der Waals surface area (Å²) in [6, 6.07) is 3.76. The third-order valence-electron chi connectivity index (χ3n) is 2.48.